The average Bonchev–Trinajstić information content (AvgIpc) is 3.14. The van der Waals surface area contributed by atoms with Gasteiger partial charge in [-0.25, -0.2) is 18.3 Å². The molecule has 0 bridgehead atoms. The molecular weight excluding hydrogens is 426 g/mol. The predicted molar refractivity (Wildman–Crippen MR) is 122 cm³/mol. The summed E-state index contributed by atoms with van der Waals surface area (Å²) in [5.74, 6) is -0.0861. The van der Waals surface area contributed by atoms with Crippen LogP contribution < -0.4 is 5.32 Å². The highest BCUT2D eigenvalue weighted by Crippen LogP contribution is 2.25. The lowest BCUT2D eigenvalue weighted by atomic mass is 10.1. The van der Waals surface area contributed by atoms with Gasteiger partial charge in [0.2, 0.25) is 0 Å². The Labute approximate surface area is 187 Å². The number of nitrogens with zero attached hydrogens (tertiary/aromatic N) is 2. The molecule has 32 heavy (non-hydrogen) atoms. The third-order valence-corrected chi connectivity index (χ3v) is 7.09. The van der Waals surface area contributed by atoms with Gasteiger partial charge in [0.05, 0.1) is 17.2 Å². The average molecular weight is 452 g/mol. The SMILES string of the molecule is CN1Cc2ccc(CS(=O)(=O)c3ccc(NC(=O)N(O)Cc4ccccc4)cc3)cc2C1. The number of anilines is 1. The second kappa shape index (κ2) is 9.12. The zero-order valence-corrected chi connectivity index (χ0v) is 18.5. The van der Waals surface area contributed by atoms with Crippen molar-refractivity contribution in [2.75, 3.05) is 12.4 Å². The van der Waals surface area contributed by atoms with Crippen LogP contribution >= 0.6 is 0 Å². The first-order valence-electron chi connectivity index (χ1n) is 10.2. The minimum Gasteiger partial charge on any atom is -0.306 e. The Balaban J connectivity index is 1.39. The molecule has 2 amide bonds. The molecule has 0 atom stereocenters. The highest BCUT2D eigenvalue weighted by Gasteiger charge is 2.20. The van der Waals surface area contributed by atoms with Gasteiger partial charge in [0, 0.05) is 18.8 Å². The van der Waals surface area contributed by atoms with Crippen molar-refractivity contribution >= 4 is 21.6 Å². The molecule has 1 heterocycles. The molecule has 3 aromatic rings. The van der Waals surface area contributed by atoms with Crippen molar-refractivity contribution in [3.05, 3.63) is 95.1 Å². The number of fused-ring (bicyclic) bond motifs is 1. The van der Waals surface area contributed by atoms with E-state index in [0.717, 1.165) is 24.2 Å². The fourth-order valence-electron chi connectivity index (χ4n) is 3.77. The first-order valence-corrected chi connectivity index (χ1v) is 11.9. The maximum Gasteiger partial charge on any atom is 0.345 e. The van der Waals surface area contributed by atoms with Crippen molar-refractivity contribution in [1.82, 2.24) is 9.96 Å². The smallest absolute Gasteiger partial charge is 0.306 e. The molecule has 0 spiro atoms. The largest absolute Gasteiger partial charge is 0.345 e. The molecule has 1 aliphatic heterocycles. The third-order valence-electron chi connectivity index (χ3n) is 5.38. The first kappa shape index (κ1) is 22.0. The number of carbonyl (C=O) groups is 1. The summed E-state index contributed by atoms with van der Waals surface area (Å²) in [6.45, 7) is 1.74. The van der Waals surface area contributed by atoms with Gasteiger partial charge in [-0.1, -0.05) is 48.5 Å². The number of nitrogens with one attached hydrogen (secondary N) is 1. The van der Waals surface area contributed by atoms with Gasteiger partial charge in [0.25, 0.3) is 0 Å². The van der Waals surface area contributed by atoms with E-state index in [4.69, 9.17) is 0 Å². The number of sulfone groups is 1. The van der Waals surface area contributed by atoms with Crippen molar-refractivity contribution < 1.29 is 18.4 Å². The van der Waals surface area contributed by atoms with Gasteiger partial charge in [-0.3, -0.25) is 10.1 Å². The lowest BCUT2D eigenvalue weighted by Gasteiger charge is -2.16. The summed E-state index contributed by atoms with van der Waals surface area (Å²) in [4.78, 5) is 14.6. The molecule has 0 unspecified atom stereocenters. The van der Waals surface area contributed by atoms with E-state index in [9.17, 15) is 18.4 Å². The van der Waals surface area contributed by atoms with Gasteiger partial charge in [-0.05, 0) is 53.6 Å². The van der Waals surface area contributed by atoms with Crippen LogP contribution in [0, 0.1) is 0 Å². The molecular formula is C24H25N3O4S. The van der Waals surface area contributed by atoms with E-state index >= 15 is 0 Å². The van der Waals surface area contributed by atoms with Crippen molar-refractivity contribution in [2.45, 2.75) is 30.3 Å². The lowest BCUT2D eigenvalue weighted by Crippen LogP contribution is -2.31. The van der Waals surface area contributed by atoms with Crippen molar-refractivity contribution in [3.63, 3.8) is 0 Å². The molecule has 0 aromatic heterocycles. The predicted octanol–water partition coefficient (Wildman–Crippen LogP) is 4.03. The van der Waals surface area contributed by atoms with E-state index in [1.807, 2.05) is 43.4 Å². The van der Waals surface area contributed by atoms with E-state index in [-0.39, 0.29) is 17.2 Å². The zero-order valence-electron chi connectivity index (χ0n) is 17.7. The van der Waals surface area contributed by atoms with Crippen molar-refractivity contribution in [3.8, 4) is 0 Å². The Morgan fingerprint density at radius 3 is 2.38 bits per heavy atom. The highest BCUT2D eigenvalue weighted by molar-refractivity contribution is 7.90. The van der Waals surface area contributed by atoms with Crippen LogP contribution in [0.15, 0.2) is 77.7 Å². The van der Waals surface area contributed by atoms with Crippen LogP contribution in [0.2, 0.25) is 0 Å². The summed E-state index contributed by atoms with van der Waals surface area (Å²) in [7, 11) is -1.50. The summed E-state index contributed by atoms with van der Waals surface area (Å²) < 4.78 is 25.7. The highest BCUT2D eigenvalue weighted by atomic mass is 32.2. The Hall–Kier alpha value is -3.20. The molecule has 0 fully saturated rings. The van der Waals surface area contributed by atoms with Crippen LogP contribution in [0.4, 0.5) is 10.5 Å². The number of urea groups is 1. The number of amides is 2. The van der Waals surface area contributed by atoms with Gasteiger partial charge in [-0.2, -0.15) is 0 Å². The Bertz CT molecular complexity index is 1210. The molecule has 0 aliphatic carbocycles. The van der Waals surface area contributed by atoms with Crippen LogP contribution in [0.3, 0.4) is 0 Å². The minimum absolute atomic E-state index is 0.0374. The van der Waals surface area contributed by atoms with Crippen LogP contribution in [0.25, 0.3) is 0 Å². The second-order valence-corrected chi connectivity index (χ2v) is 10.0. The van der Waals surface area contributed by atoms with E-state index in [0.29, 0.717) is 10.8 Å². The molecule has 0 saturated heterocycles. The summed E-state index contributed by atoms with van der Waals surface area (Å²) in [6, 6.07) is 20.2. The van der Waals surface area contributed by atoms with Crippen LogP contribution in [-0.2, 0) is 35.2 Å². The van der Waals surface area contributed by atoms with Crippen LogP contribution in [0.1, 0.15) is 22.3 Å². The summed E-state index contributed by atoms with van der Waals surface area (Å²) in [6.07, 6.45) is 0. The molecule has 3 aromatic carbocycles. The second-order valence-electron chi connectivity index (χ2n) is 8.03. The molecule has 166 valence electrons. The summed E-state index contributed by atoms with van der Waals surface area (Å²) in [5, 5.41) is 13.1. The molecule has 0 saturated carbocycles. The van der Waals surface area contributed by atoms with Gasteiger partial charge >= 0.3 is 6.03 Å². The molecule has 7 nitrogen and oxygen atoms in total. The molecule has 0 radical (unpaired) electrons. The number of hydrogen-bond donors (Lipinski definition) is 2. The van der Waals surface area contributed by atoms with Gasteiger partial charge in [0.1, 0.15) is 0 Å². The topological polar surface area (TPSA) is 90.0 Å². The molecule has 8 heteroatoms. The quantitative estimate of drug-likeness (QED) is 0.436. The zero-order chi connectivity index (χ0) is 22.7. The normalized spacial score (nSPS) is 13.6. The Morgan fingerprint density at radius 2 is 1.66 bits per heavy atom. The fraction of sp³-hybridized carbons (Fsp3) is 0.208. The van der Waals surface area contributed by atoms with E-state index < -0.39 is 15.9 Å². The van der Waals surface area contributed by atoms with Gasteiger partial charge < -0.3 is 5.32 Å². The van der Waals surface area contributed by atoms with Crippen LogP contribution in [-0.4, -0.2) is 36.7 Å². The summed E-state index contributed by atoms with van der Waals surface area (Å²) in [5.41, 5.74) is 4.33. The van der Waals surface area contributed by atoms with Crippen molar-refractivity contribution in [2.24, 2.45) is 0 Å². The number of hydroxylamine groups is 2. The van der Waals surface area contributed by atoms with E-state index in [2.05, 4.69) is 10.2 Å². The lowest BCUT2D eigenvalue weighted by molar-refractivity contribution is -0.0449. The van der Waals surface area contributed by atoms with E-state index in [1.54, 1.807) is 12.1 Å². The number of carbonyl (C=O) groups excluding carboxylic acids is 1. The minimum atomic E-state index is -3.53. The standard InChI is InChI=1S/C24H25N3O4S/c1-26-15-20-8-7-19(13-21(20)16-26)17-32(30,31)23-11-9-22(10-12-23)25-24(28)27(29)14-18-5-3-2-4-6-18/h2-13,29H,14-17H2,1H3,(H,25,28). The van der Waals surface area contributed by atoms with Gasteiger partial charge in [-0.15, -0.1) is 0 Å². The first-order chi connectivity index (χ1) is 15.3. The molecule has 2 N–H and O–H groups in total. The Morgan fingerprint density at radius 1 is 0.969 bits per heavy atom. The van der Waals surface area contributed by atoms with Gasteiger partial charge in [0.15, 0.2) is 9.84 Å². The number of benzene rings is 3. The number of rotatable bonds is 6. The van der Waals surface area contributed by atoms with Crippen LogP contribution in [0.5, 0.6) is 0 Å². The maximum atomic E-state index is 12.9. The molecule has 1 aliphatic rings. The fourth-order valence-corrected chi connectivity index (χ4v) is 5.11. The monoisotopic (exact) mass is 451 g/mol. The Kier molecular flexibility index (Phi) is 6.27. The van der Waals surface area contributed by atoms with E-state index in [1.165, 1.54) is 35.4 Å². The summed E-state index contributed by atoms with van der Waals surface area (Å²) >= 11 is 0. The molecule has 4 rings (SSSR count). The van der Waals surface area contributed by atoms with Crippen molar-refractivity contribution in [1.29, 1.82) is 0 Å². The number of hydrogen-bond acceptors (Lipinski definition) is 5. The third kappa shape index (κ3) is 5.16. The maximum absolute atomic E-state index is 12.9.